The maximum absolute atomic E-state index is 3.53. The van der Waals surface area contributed by atoms with Crippen LogP contribution < -0.4 is 5.32 Å². The lowest BCUT2D eigenvalue weighted by Crippen LogP contribution is -2.29. The van der Waals surface area contributed by atoms with Gasteiger partial charge in [-0.3, -0.25) is 0 Å². The summed E-state index contributed by atoms with van der Waals surface area (Å²) in [5.41, 5.74) is 0.626. The fraction of sp³-hybridized carbons (Fsp3) is 1.00. The Morgan fingerprint density at radius 2 is 1.85 bits per heavy atom. The third-order valence-corrected chi connectivity index (χ3v) is 3.32. The molecule has 0 spiro atoms. The quantitative estimate of drug-likeness (QED) is 0.660. The zero-order valence-electron chi connectivity index (χ0n) is 9.53. The number of nitrogens with one attached hydrogen (secondary N) is 1. The maximum Gasteiger partial charge on any atom is -0.00205 e. The Bertz CT molecular complexity index is 130. The first-order valence-corrected chi connectivity index (χ1v) is 5.85. The highest BCUT2D eigenvalue weighted by atomic mass is 14.8. The van der Waals surface area contributed by atoms with Gasteiger partial charge in [0.15, 0.2) is 0 Å². The fourth-order valence-electron chi connectivity index (χ4n) is 2.15. The molecule has 1 nitrogen and oxygen atoms in total. The molecular formula is C12H25N. The van der Waals surface area contributed by atoms with E-state index >= 15 is 0 Å². The van der Waals surface area contributed by atoms with Crippen molar-refractivity contribution in [1.82, 2.24) is 5.32 Å². The van der Waals surface area contributed by atoms with Gasteiger partial charge in [0.2, 0.25) is 0 Å². The normalized spacial score (nSPS) is 23.3. The summed E-state index contributed by atoms with van der Waals surface area (Å²) in [4.78, 5) is 0. The molecule has 1 aliphatic carbocycles. The lowest BCUT2D eigenvalue weighted by atomic mass is 9.73. The third kappa shape index (κ3) is 4.12. The van der Waals surface area contributed by atoms with E-state index in [1.165, 1.54) is 45.2 Å². The van der Waals surface area contributed by atoms with Crippen LogP contribution in [0.4, 0.5) is 0 Å². The first kappa shape index (κ1) is 11.0. The van der Waals surface area contributed by atoms with Crippen LogP contribution in [-0.2, 0) is 0 Å². The van der Waals surface area contributed by atoms with Gasteiger partial charge in [-0.1, -0.05) is 20.8 Å². The van der Waals surface area contributed by atoms with Crippen LogP contribution in [0.25, 0.3) is 0 Å². The second-order valence-corrected chi connectivity index (χ2v) is 5.31. The van der Waals surface area contributed by atoms with Crippen molar-refractivity contribution in [3.8, 4) is 0 Å². The van der Waals surface area contributed by atoms with Crippen LogP contribution >= 0.6 is 0 Å². The van der Waals surface area contributed by atoms with Gasteiger partial charge in [0.25, 0.3) is 0 Å². The maximum atomic E-state index is 3.53. The van der Waals surface area contributed by atoms with Crippen molar-refractivity contribution in [2.45, 2.75) is 52.9 Å². The molecule has 78 valence electrons. The molecule has 0 saturated heterocycles. The molecule has 1 rings (SSSR count). The molecule has 0 aromatic heterocycles. The number of rotatable bonds is 4. The summed E-state index contributed by atoms with van der Waals surface area (Å²) in [5.74, 6) is 0.958. The number of hydrogen-bond donors (Lipinski definition) is 1. The second-order valence-electron chi connectivity index (χ2n) is 5.31. The first-order valence-electron chi connectivity index (χ1n) is 5.85. The zero-order chi connectivity index (χ0) is 9.73. The minimum Gasteiger partial charge on any atom is -0.316 e. The third-order valence-electron chi connectivity index (χ3n) is 3.32. The molecular weight excluding hydrogens is 158 g/mol. The molecule has 1 heteroatoms. The van der Waals surface area contributed by atoms with Gasteiger partial charge >= 0.3 is 0 Å². The van der Waals surface area contributed by atoms with Crippen molar-refractivity contribution in [3.05, 3.63) is 0 Å². The molecule has 0 aromatic rings. The van der Waals surface area contributed by atoms with Crippen molar-refractivity contribution in [2.75, 3.05) is 13.1 Å². The SMILES string of the molecule is CCCNCC1CCC(C)(C)CC1. The molecule has 0 heterocycles. The smallest absolute Gasteiger partial charge is 0.00205 e. The van der Waals surface area contributed by atoms with E-state index in [0.29, 0.717) is 5.41 Å². The van der Waals surface area contributed by atoms with Crippen molar-refractivity contribution in [1.29, 1.82) is 0 Å². The summed E-state index contributed by atoms with van der Waals surface area (Å²) in [6.07, 6.45) is 6.97. The van der Waals surface area contributed by atoms with E-state index in [1.54, 1.807) is 0 Å². The predicted octanol–water partition coefficient (Wildman–Crippen LogP) is 3.20. The highest BCUT2D eigenvalue weighted by Crippen LogP contribution is 2.37. The van der Waals surface area contributed by atoms with Crippen molar-refractivity contribution in [2.24, 2.45) is 11.3 Å². The molecule has 0 aliphatic heterocycles. The largest absolute Gasteiger partial charge is 0.316 e. The molecule has 0 unspecified atom stereocenters. The summed E-state index contributed by atoms with van der Waals surface area (Å²) in [5, 5.41) is 3.53. The Labute approximate surface area is 83.3 Å². The average Bonchev–Trinajstić information content (AvgIpc) is 2.08. The Morgan fingerprint density at radius 1 is 1.23 bits per heavy atom. The molecule has 1 saturated carbocycles. The van der Waals surface area contributed by atoms with Crippen LogP contribution in [0.1, 0.15) is 52.9 Å². The van der Waals surface area contributed by atoms with Crippen LogP contribution in [-0.4, -0.2) is 13.1 Å². The van der Waals surface area contributed by atoms with Crippen LogP contribution in [0.3, 0.4) is 0 Å². The summed E-state index contributed by atoms with van der Waals surface area (Å²) >= 11 is 0. The topological polar surface area (TPSA) is 12.0 Å². The Hall–Kier alpha value is -0.0400. The average molecular weight is 183 g/mol. The van der Waals surface area contributed by atoms with Crippen LogP contribution in [0.15, 0.2) is 0 Å². The molecule has 1 N–H and O–H groups in total. The monoisotopic (exact) mass is 183 g/mol. The van der Waals surface area contributed by atoms with E-state index in [9.17, 15) is 0 Å². The highest BCUT2D eigenvalue weighted by molar-refractivity contribution is 4.79. The fourth-order valence-corrected chi connectivity index (χ4v) is 2.15. The molecule has 0 aromatic carbocycles. The van der Waals surface area contributed by atoms with Gasteiger partial charge in [0, 0.05) is 0 Å². The Kier molecular flexibility index (Phi) is 4.24. The molecule has 0 bridgehead atoms. The molecule has 0 atom stereocenters. The van der Waals surface area contributed by atoms with Gasteiger partial charge in [-0.2, -0.15) is 0 Å². The summed E-state index contributed by atoms with van der Waals surface area (Å²) in [6, 6.07) is 0. The van der Waals surface area contributed by atoms with Gasteiger partial charge < -0.3 is 5.32 Å². The van der Waals surface area contributed by atoms with Gasteiger partial charge in [0.1, 0.15) is 0 Å². The van der Waals surface area contributed by atoms with E-state index in [-0.39, 0.29) is 0 Å². The Balaban J connectivity index is 2.11. The zero-order valence-corrected chi connectivity index (χ0v) is 9.53. The van der Waals surface area contributed by atoms with Crippen LogP contribution in [0.5, 0.6) is 0 Å². The minimum absolute atomic E-state index is 0.626. The van der Waals surface area contributed by atoms with E-state index < -0.39 is 0 Å². The summed E-state index contributed by atoms with van der Waals surface area (Å²) in [6.45, 7) is 9.49. The van der Waals surface area contributed by atoms with Gasteiger partial charge in [-0.15, -0.1) is 0 Å². The van der Waals surface area contributed by atoms with E-state index in [0.717, 1.165) is 5.92 Å². The van der Waals surface area contributed by atoms with Crippen LogP contribution in [0, 0.1) is 11.3 Å². The summed E-state index contributed by atoms with van der Waals surface area (Å²) < 4.78 is 0. The van der Waals surface area contributed by atoms with Gasteiger partial charge in [-0.05, 0) is 56.5 Å². The van der Waals surface area contributed by atoms with E-state index in [4.69, 9.17) is 0 Å². The van der Waals surface area contributed by atoms with Crippen molar-refractivity contribution >= 4 is 0 Å². The van der Waals surface area contributed by atoms with Gasteiger partial charge in [0.05, 0.1) is 0 Å². The molecule has 13 heavy (non-hydrogen) atoms. The molecule has 1 fully saturated rings. The van der Waals surface area contributed by atoms with Crippen LogP contribution in [0.2, 0.25) is 0 Å². The first-order chi connectivity index (χ1) is 6.14. The highest BCUT2D eigenvalue weighted by Gasteiger charge is 2.26. The van der Waals surface area contributed by atoms with Crippen molar-refractivity contribution in [3.63, 3.8) is 0 Å². The Morgan fingerprint density at radius 3 is 2.38 bits per heavy atom. The summed E-state index contributed by atoms with van der Waals surface area (Å²) in [7, 11) is 0. The van der Waals surface area contributed by atoms with E-state index in [1.807, 2.05) is 0 Å². The molecule has 0 radical (unpaired) electrons. The second kappa shape index (κ2) is 4.99. The van der Waals surface area contributed by atoms with E-state index in [2.05, 4.69) is 26.1 Å². The predicted molar refractivity (Wildman–Crippen MR) is 58.9 cm³/mol. The minimum atomic E-state index is 0.626. The number of hydrogen-bond acceptors (Lipinski definition) is 1. The molecule has 0 amide bonds. The molecule has 1 aliphatic rings. The standard InChI is InChI=1S/C12H25N/c1-4-9-13-10-11-5-7-12(2,3)8-6-11/h11,13H,4-10H2,1-3H3. The lowest BCUT2D eigenvalue weighted by molar-refractivity contribution is 0.189. The lowest BCUT2D eigenvalue weighted by Gasteiger charge is -2.34. The van der Waals surface area contributed by atoms with Crippen molar-refractivity contribution < 1.29 is 0 Å². The van der Waals surface area contributed by atoms with Gasteiger partial charge in [-0.25, -0.2) is 0 Å².